The molecule has 3 unspecified atom stereocenters. The second kappa shape index (κ2) is 12.2. The zero-order valence-corrected chi connectivity index (χ0v) is 22.9. The molecule has 9 heteroatoms. The van der Waals surface area contributed by atoms with Gasteiger partial charge >= 0.3 is 0 Å². The van der Waals surface area contributed by atoms with Gasteiger partial charge in [-0.2, -0.15) is 0 Å². The maximum atomic E-state index is 12.8. The molecule has 2 fully saturated rings. The fourth-order valence-electron chi connectivity index (χ4n) is 5.15. The molecule has 0 aliphatic carbocycles. The Morgan fingerprint density at radius 1 is 1.16 bits per heavy atom. The number of rotatable bonds is 5. The van der Waals surface area contributed by atoms with Gasteiger partial charge < -0.3 is 19.6 Å². The van der Waals surface area contributed by atoms with Gasteiger partial charge in [0.05, 0.1) is 12.2 Å². The second-order valence-electron chi connectivity index (χ2n) is 9.57. The Morgan fingerprint density at radius 3 is 2.31 bits per heavy atom. The monoisotopic (exact) mass is 560 g/mol. The van der Waals surface area contributed by atoms with Crippen molar-refractivity contribution >= 4 is 35.8 Å². The van der Waals surface area contributed by atoms with Crippen LogP contribution in [0.15, 0.2) is 9.52 Å². The van der Waals surface area contributed by atoms with Crippen LogP contribution in [0.25, 0.3) is 0 Å². The van der Waals surface area contributed by atoms with Crippen molar-refractivity contribution in [2.45, 2.75) is 47.0 Å². The van der Waals surface area contributed by atoms with Gasteiger partial charge in [0.15, 0.2) is 5.96 Å². The van der Waals surface area contributed by atoms with Crippen molar-refractivity contribution in [1.29, 1.82) is 0 Å². The number of aliphatic imine (C=N–C) groups is 1. The van der Waals surface area contributed by atoms with Crippen LogP contribution >= 0.6 is 24.0 Å². The van der Waals surface area contributed by atoms with E-state index in [-0.39, 0.29) is 35.8 Å². The van der Waals surface area contributed by atoms with Crippen molar-refractivity contribution in [3.63, 3.8) is 0 Å². The molecule has 1 N–H and O–H groups in total. The smallest absolute Gasteiger partial charge is 0.236 e. The molecule has 0 radical (unpaired) electrons. The summed E-state index contributed by atoms with van der Waals surface area (Å²) in [7, 11) is 1.83. The van der Waals surface area contributed by atoms with Gasteiger partial charge in [-0.05, 0) is 32.1 Å². The molecule has 2 aliphatic rings. The number of halogens is 1. The van der Waals surface area contributed by atoms with Crippen molar-refractivity contribution in [3.05, 3.63) is 17.0 Å². The summed E-state index contributed by atoms with van der Waals surface area (Å²) in [5.41, 5.74) is 2.13. The number of guanidine groups is 1. The molecule has 0 saturated carbocycles. The zero-order chi connectivity index (χ0) is 22.5. The van der Waals surface area contributed by atoms with E-state index in [0.29, 0.717) is 18.4 Å². The molecule has 0 aromatic carbocycles. The lowest BCUT2D eigenvalue weighted by molar-refractivity contribution is -0.135. The molecule has 0 spiro atoms. The predicted molar refractivity (Wildman–Crippen MR) is 139 cm³/mol. The summed E-state index contributed by atoms with van der Waals surface area (Å²) in [5.74, 6) is 3.58. The molecule has 3 rings (SSSR count). The second-order valence-corrected chi connectivity index (χ2v) is 9.57. The van der Waals surface area contributed by atoms with Gasteiger partial charge in [0, 0.05) is 64.3 Å². The first-order chi connectivity index (χ1) is 14.8. The highest BCUT2D eigenvalue weighted by Gasteiger charge is 2.28. The highest BCUT2D eigenvalue weighted by molar-refractivity contribution is 14.0. The highest BCUT2D eigenvalue weighted by atomic mass is 127. The first-order valence-electron chi connectivity index (χ1n) is 11.7. The number of piperidine rings is 1. The SMILES string of the molecule is CN=C(NCC(C)c1c(C)noc1C)N1CCN(CC(=O)N2CC(C)CC(C)C2)CC1.I. The summed E-state index contributed by atoms with van der Waals surface area (Å²) in [6.45, 7) is 17.3. The number of carbonyl (C=O) groups is 1. The number of piperazine rings is 1. The minimum absolute atomic E-state index is 0. The number of carbonyl (C=O) groups excluding carboxylic acids is 1. The van der Waals surface area contributed by atoms with Crippen LogP contribution in [0.4, 0.5) is 0 Å². The van der Waals surface area contributed by atoms with Crippen LogP contribution in [0.5, 0.6) is 0 Å². The molecule has 8 nitrogen and oxygen atoms in total. The third-order valence-electron chi connectivity index (χ3n) is 6.61. The van der Waals surface area contributed by atoms with Crippen LogP contribution in [0.3, 0.4) is 0 Å². The van der Waals surface area contributed by atoms with Gasteiger partial charge in [0.2, 0.25) is 5.91 Å². The van der Waals surface area contributed by atoms with E-state index < -0.39 is 0 Å². The van der Waals surface area contributed by atoms with Gasteiger partial charge in [0.25, 0.3) is 0 Å². The summed E-state index contributed by atoms with van der Waals surface area (Å²) in [6.07, 6.45) is 1.23. The van der Waals surface area contributed by atoms with E-state index in [4.69, 9.17) is 4.52 Å². The lowest BCUT2D eigenvalue weighted by Crippen LogP contribution is -2.55. The van der Waals surface area contributed by atoms with Crippen LogP contribution in [0, 0.1) is 25.7 Å². The van der Waals surface area contributed by atoms with Crippen LogP contribution < -0.4 is 5.32 Å². The Hall–Kier alpha value is -1.36. The molecule has 1 aromatic heterocycles. The molecule has 182 valence electrons. The minimum atomic E-state index is 0. The van der Waals surface area contributed by atoms with E-state index in [1.54, 1.807) is 0 Å². The van der Waals surface area contributed by atoms with Gasteiger partial charge in [-0.1, -0.05) is 25.9 Å². The van der Waals surface area contributed by atoms with Crippen LogP contribution in [0.2, 0.25) is 0 Å². The lowest BCUT2D eigenvalue weighted by Gasteiger charge is -2.39. The normalized spacial score (nSPS) is 23.6. The number of amides is 1. The Morgan fingerprint density at radius 2 is 1.78 bits per heavy atom. The quantitative estimate of drug-likeness (QED) is 0.339. The topological polar surface area (TPSA) is 77.2 Å². The molecular formula is C23H41IN6O2. The first-order valence-corrected chi connectivity index (χ1v) is 11.7. The van der Waals surface area contributed by atoms with Crippen LogP contribution in [-0.2, 0) is 4.79 Å². The predicted octanol–water partition coefficient (Wildman–Crippen LogP) is 2.71. The number of hydrogen-bond acceptors (Lipinski definition) is 5. The lowest BCUT2D eigenvalue weighted by atomic mass is 9.92. The third kappa shape index (κ3) is 6.82. The van der Waals surface area contributed by atoms with Crippen LogP contribution in [0.1, 0.15) is 50.1 Å². The van der Waals surface area contributed by atoms with Gasteiger partial charge in [-0.15, -0.1) is 24.0 Å². The number of hydrogen-bond donors (Lipinski definition) is 1. The molecule has 1 amide bonds. The Labute approximate surface area is 210 Å². The fourth-order valence-corrected chi connectivity index (χ4v) is 5.15. The Balaban J connectivity index is 0.00000363. The summed E-state index contributed by atoms with van der Waals surface area (Å²) >= 11 is 0. The molecule has 2 saturated heterocycles. The van der Waals surface area contributed by atoms with Gasteiger partial charge in [-0.25, -0.2) is 0 Å². The maximum Gasteiger partial charge on any atom is 0.236 e. The number of aryl methyl sites for hydroxylation is 2. The Bertz CT molecular complexity index is 745. The molecule has 2 aliphatic heterocycles. The highest BCUT2D eigenvalue weighted by Crippen LogP contribution is 2.23. The van der Waals surface area contributed by atoms with Crippen molar-refractivity contribution in [1.82, 2.24) is 25.2 Å². The third-order valence-corrected chi connectivity index (χ3v) is 6.61. The number of likely N-dealkylation sites (tertiary alicyclic amines) is 1. The number of nitrogens with zero attached hydrogens (tertiary/aromatic N) is 5. The molecule has 1 aromatic rings. The van der Waals surface area contributed by atoms with Crippen LogP contribution in [-0.4, -0.2) is 91.1 Å². The van der Waals surface area contributed by atoms with Crippen molar-refractivity contribution in [2.75, 3.05) is 59.4 Å². The minimum Gasteiger partial charge on any atom is -0.361 e. The zero-order valence-electron chi connectivity index (χ0n) is 20.6. The van der Waals surface area contributed by atoms with E-state index in [0.717, 1.165) is 63.2 Å². The maximum absolute atomic E-state index is 12.8. The molecule has 3 heterocycles. The number of aromatic nitrogens is 1. The van der Waals surface area contributed by atoms with E-state index in [1.165, 1.54) is 12.0 Å². The molecule has 32 heavy (non-hydrogen) atoms. The average Bonchev–Trinajstić information content (AvgIpc) is 3.06. The van der Waals surface area contributed by atoms with E-state index in [9.17, 15) is 4.79 Å². The summed E-state index contributed by atoms with van der Waals surface area (Å²) in [4.78, 5) is 23.9. The van der Waals surface area contributed by atoms with Crippen molar-refractivity contribution in [3.8, 4) is 0 Å². The van der Waals surface area contributed by atoms with Gasteiger partial charge in [-0.3, -0.25) is 14.7 Å². The molecular weight excluding hydrogens is 519 g/mol. The van der Waals surface area contributed by atoms with Gasteiger partial charge in [0.1, 0.15) is 5.76 Å². The van der Waals surface area contributed by atoms with E-state index >= 15 is 0 Å². The average molecular weight is 561 g/mol. The fraction of sp³-hybridized carbons (Fsp3) is 0.783. The molecule has 0 bridgehead atoms. The summed E-state index contributed by atoms with van der Waals surface area (Å²) in [6, 6.07) is 0. The van der Waals surface area contributed by atoms with Crippen molar-refractivity contribution < 1.29 is 9.32 Å². The summed E-state index contributed by atoms with van der Waals surface area (Å²) in [5, 5.41) is 7.58. The largest absolute Gasteiger partial charge is 0.361 e. The Kier molecular flexibility index (Phi) is 10.3. The number of nitrogens with one attached hydrogen (secondary N) is 1. The molecule has 3 atom stereocenters. The summed E-state index contributed by atoms with van der Waals surface area (Å²) < 4.78 is 5.31. The standard InChI is InChI=1S/C23H40N6O2.HI/c1-16-11-17(2)14-29(13-16)21(30)15-27-7-9-28(10-8-27)23(24-6)25-12-18(3)22-19(4)26-31-20(22)5;/h16-18H,7-15H2,1-6H3,(H,24,25);1H. The van der Waals surface area contributed by atoms with E-state index in [2.05, 4.69) is 50.9 Å². The van der Waals surface area contributed by atoms with E-state index in [1.807, 2.05) is 20.9 Å². The first kappa shape index (κ1) is 26.9. The van der Waals surface area contributed by atoms with Crippen molar-refractivity contribution in [2.24, 2.45) is 16.8 Å².